The molecular weight excluding hydrogens is 533 g/mol. The molecule has 4 heterocycles. The second-order valence-electron chi connectivity index (χ2n) is 8.45. The maximum Gasteiger partial charge on any atom is 0.416 e. The maximum atomic E-state index is 12.9. The predicted molar refractivity (Wildman–Crippen MR) is 138 cm³/mol. The van der Waals surface area contributed by atoms with E-state index in [1.165, 1.54) is 10.8 Å². The Hall–Kier alpha value is -5.21. The van der Waals surface area contributed by atoms with Crippen LogP contribution in [0, 0.1) is 0 Å². The van der Waals surface area contributed by atoms with Gasteiger partial charge in [-0.3, -0.25) is 5.32 Å². The molecule has 1 aliphatic rings. The Balaban J connectivity index is 1.41. The number of pyridine rings is 1. The molecule has 0 aliphatic carbocycles. The number of urea groups is 1. The van der Waals surface area contributed by atoms with Gasteiger partial charge in [-0.1, -0.05) is 12.1 Å². The van der Waals surface area contributed by atoms with Gasteiger partial charge in [0.05, 0.1) is 17.7 Å². The van der Waals surface area contributed by atoms with Crippen molar-refractivity contribution in [3.05, 3.63) is 66.2 Å². The van der Waals surface area contributed by atoms with Crippen LogP contribution in [-0.4, -0.2) is 56.7 Å². The summed E-state index contributed by atoms with van der Waals surface area (Å²) in [5.41, 5.74) is 7.75. The fourth-order valence-corrected chi connectivity index (χ4v) is 4.04. The van der Waals surface area contributed by atoms with Crippen molar-refractivity contribution in [1.82, 2.24) is 19.6 Å². The SMILES string of the molecule is CCOC(=O)C1COC(c2cn3ncnc(N)c3c2-c2ccc(NC(=O)Nc3cc(C(F)(F)F)ccn3)cc2)=N1. The molecule has 12 nitrogen and oxygen atoms in total. The fraction of sp³-hybridized carbons (Fsp3) is 0.200. The Labute approximate surface area is 224 Å². The van der Waals surface area contributed by atoms with Crippen molar-refractivity contribution in [2.45, 2.75) is 19.1 Å². The number of alkyl halides is 3. The van der Waals surface area contributed by atoms with Crippen LogP contribution in [0.2, 0.25) is 0 Å². The average Bonchev–Trinajstić information content (AvgIpc) is 3.55. The molecule has 206 valence electrons. The summed E-state index contributed by atoms with van der Waals surface area (Å²) in [6.07, 6.45) is -0.678. The number of halogens is 3. The van der Waals surface area contributed by atoms with Gasteiger partial charge in [-0.25, -0.2) is 29.1 Å². The lowest BCUT2D eigenvalue weighted by molar-refractivity contribution is -0.144. The third-order valence-corrected chi connectivity index (χ3v) is 5.80. The highest BCUT2D eigenvalue weighted by Gasteiger charge is 2.32. The molecule has 0 radical (unpaired) electrons. The smallest absolute Gasteiger partial charge is 0.416 e. The van der Waals surface area contributed by atoms with Crippen molar-refractivity contribution < 1.29 is 32.2 Å². The quantitative estimate of drug-likeness (QED) is 0.304. The summed E-state index contributed by atoms with van der Waals surface area (Å²) < 4.78 is 51.1. The standard InChI is InChI=1S/C25H21F3N8O4/c1-2-39-23(37)17-11-40-22(34-17)16-10-36-20(21(29)31-12-32-36)19(16)13-3-5-15(6-4-13)33-24(38)35-18-9-14(7-8-30-18)25(26,27)28/h3-10,12,17H,2,11H2,1H3,(H2,29,31,32)(H2,30,33,35,38). The number of aliphatic imine (C=N–C) groups is 1. The number of ether oxygens (including phenoxy) is 2. The molecule has 0 saturated heterocycles. The number of amides is 2. The number of nitrogens with zero attached hydrogens (tertiary/aromatic N) is 5. The first-order valence-electron chi connectivity index (χ1n) is 11.8. The van der Waals surface area contributed by atoms with E-state index in [2.05, 4.69) is 30.7 Å². The second kappa shape index (κ2) is 10.5. The summed E-state index contributed by atoms with van der Waals surface area (Å²) in [6, 6.07) is 6.47. The first-order valence-corrected chi connectivity index (χ1v) is 11.8. The van der Waals surface area contributed by atoms with Crippen LogP contribution in [0.15, 0.2) is 60.1 Å². The molecule has 1 unspecified atom stereocenters. The van der Waals surface area contributed by atoms with E-state index in [-0.39, 0.29) is 30.7 Å². The summed E-state index contributed by atoms with van der Waals surface area (Å²) in [5.74, 6) is -0.376. The highest BCUT2D eigenvalue weighted by Crippen LogP contribution is 2.35. The molecule has 4 aromatic rings. The average molecular weight is 554 g/mol. The third-order valence-electron chi connectivity index (χ3n) is 5.80. The summed E-state index contributed by atoms with van der Waals surface area (Å²) in [4.78, 5) is 36.7. The normalized spacial score (nSPS) is 14.9. The molecule has 0 bridgehead atoms. The van der Waals surface area contributed by atoms with Crippen LogP contribution in [0.5, 0.6) is 0 Å². The van der Waals surface area contributed by atoms with Crippen LogP contribution in [-0.2, 0) is 20.4 Å². The molecule has 4 N–H and O–H groups in total. The van der Waals surface area contributed by atoms with E-state index >= 15 is 0 Å². The van der Waals surface area contributed by atoms with E-state index < -0.39 is 29.8 Å². The molecule has 0 fully saturated rings. The Morgan fingerprint density at radius 2 is 1.95 bits per heavy atom. The van der Waals surface area contributed by atoms with Crippen LogP contribution in [0.25, 0.3) is 16.6 Å². The van der Waals surface area contributed by atoms with Gasteiger partial charge in [0.1, 0.15) is 24.3 Å². The topological polar surface area (TPSA) is 158 Å². The minimum absolute atomic E-state index is 0.0136. The van der Waals surface area contributed by atoms with Crippen molar-refractivity contribution in [2.24, 2.45) is 4.99 Å². The molecule has 1 atom stereocenters. The zero-order valence-electron chi connectivity index (χ0n) is 20.8. The molecule has 1 aromatic carbocycles. The first kappa shape index (κ1) is 26.4. The van der Waals surface area contributed by atoms with E-state index in [0.717, 1.165) is 18.3 Å². The van der Waals surface area contributed by atoms with Crippen molar-refractivity contribution in [2.75, 3.05) is 29.6 Å². The molecule has 5 rings (SSSR count). The lowest BCUT2D eigenvalue weighted by Crippen LogP contribution is -2.22. The van der Waals surface area contributed by atoms with Gasteiger partial charge in [0.25, 0.3) is 0 Å². The number of hydrogen-bond acceptors (Lipinski definition) is 9. The lowest BCUT2D eigenvalue weighted by atomic mass is 10.0. The summed E-state index contributed by atoms with van der Waals surface area (Å²) >= 11 is 0. The highest BCUT2D eigenvalue weighted by molar-refractivity contribution is 6.08. The van der Waals surface area contributed by atoms with Crippen molar-refractivity contribution in [3.8, 4) is 11.1 Å². The van der Waals surface area contributed by atoms with Crippen LogP contribution < -0.4 is 16.4 Å². The van der Waals surface area contributed by atoms with E-state index in [1.54, 1.807) is 37.4 Å². The number of fused-ring (bicyclic) bond motifs is 1. The van der Waals surface area contributed by atoms with Crippen molar-refractivity contribution >= 4 is 40.7 Å². The van der Waals surface area contributed by atoms with Crippen molar-refractivity contribution in [3.63, 3.8) is 0 Å². The van der Waals surface area contributed by atoms with Gasteiger partial charge in [0, 0.05) is 23.6 Å². The fourth-order valence-electron chi connectivity index (χ4n) is 4.04. The predicted octanol–water partition coefficient (Wildman–Crippen LogP) is 3.74. The monoisotopic (exact) mass is 554 g/mol. The summed E-state index contributed by atoms with van der Waals surface area (Å²) in [5, 5.41) is 9.03. The third kappa shape index (κ3) is 5.34. The van der Waals surface area contributed by atoms with Crippen LogP contribution in [0.3, 0.4) is 0 Å². The minimum Gasteiger partial charge on any atom is -0.474 e. The molecule has 3 aromatic heterocycles. The van der Waals surface area contributed by atoms with Gasteiger partial charge in [0.15, 0.2) is 11.9 Å². The maximum absolute atomic E-state index is 12.9. The molecule has 0 spiro atoms. The number of aromatic nitrogens is 4. The van der Waals surface area contributed by atoms with Gasteiger partial charge < -0.3 is 20.5 Å². The van der Waals surface area contributed by atoms with E-state index in [9.17, 15) is 22.8 Å². The van der Waals surface area contributed by atoms with Crippen LogP contribution >= 0.6 is 0 Å². The minimum atomic E-state index is -4.57. The zero-order chi connectivity index (χ0) is 28.4. The number of hydrogen-bond donors (Lipinski definition) is 3. The summed E-state index contributed by atoms with van der Waals surface area (Å²) in [6.45, 7) is 1.92. The number of nitrogens with one attached hydrogen (secondary N) is 2. The number of nitrogen functional groups attached to an aromatic ring is 1. The second-order valence-corrected chi connectivity index (χ2v) is 8.45. The van der Waals surface area contributed by atoms with E-state index in [0.29, 0.717) is 27.9 Å². The van der Waals surface area contributed by atoms with Crippen molar-refractivity contribution in [1.29, 1.82) is 0 Å². The number of rotatable bonds is 6. The molecular formula is C25H21F3N8O4. The van der Waals surface area contributed by atoms with E-state index in [4.69, 9.17) is 15.2 Å². The van der Waals surface area contributed by atoms with E-state index in [1.807, 2.05) is 0 Å². The Morgan fingerprint density at radius 3 is 2.67 bits per heavy atom. The number of nitrogens with two attached hydrogens (primary N) is 1. The zero-order valence-corrected chi connectivity index (χ0v) is 20.8. The van der Waals surface area contributed by atoms with Gasteiger partial charge in [-0.2, -0.15) is 18.3 Å². The lowest BCUT2D eigenvalue weighted by Gasteiger charge is -2.11. The largest absolute Gasteiger partial charge is 0.474 e. The number of esters is 1. The van der Waals surface area contributed by atoms with Gasteiger partial charge in [0.2, 0.25) is 5.90 Å². The summed E-state index contributed by atoms with van der Waals surface area (Å²) in [7, 11) is 0. The Morgan fingerprint density at radius 1 is 1.18 bits per heavy atom. The molecule has 2 amide bonds. The van der Waals surface area contributed by atoms with Crippen LogP contribution in [0.4, 0.5) is 35.3 Å². The Bertz CT molecular complexity index is 1620. The first-order chi connectivity index (χ1) is 19.1. The van der Waals surface area contributed by atoms with Gasteiger partial charge in [-0.15, -0.1) is 0 Å². The Kier molecular flexibility index (Phi) is 6.94. The highest BCUT2D eigenvalue weighted by atomic mass is 19.4. The number of carbonyl (C=O) groups excluding carboxylic acids is 2. The molecule has 1 aliphatic heterocycles. The number of benzene rings is 1. The van der Waals surface area contributed by atoms with Gasteiger partial charge in [-0.05, 0) is 36.8 Å². The van der Waals surface area contributed by atoms with Gasteiger partial charge >= 0.3 is 18.2 Å². The molecule has 15 heteroatoms. The number of carbonyl (C=O) groups is 2. The molecule has 0 saturated carbocycles. The number of anilines is 3. The van der Waals surface area contributed by atoms with Crippen LogP contribution in [0.1, 0.15) is 18.1 Å². The molecule has 40 heavy (non-hydrogen) atoms.